The molecule has 0 aliphatic rings. The van der Waals surface area contributed by atoms with Crippen LogP contribution in [0.15, 0.2) is 42.9 Å². The molecule has 2 aromatic heterocycles. The lowest BCUT2D eigenvalue weighted by Crippen LogP contribution is -2.20. The summed E-state index contributed by atoms with van der Waals surface area (Å²) in [6.07, 6.45) is 6.45. The van der Waals surface area contributed by atoms with Crippen molar-refractivity contribution in [1.29, 1.82) is 0 Å². The van der Waals surface area contributed by atoms with Crippen molar-refractivity contribution in [3.8, 4) is 0 Å². The molecule has 4 heteroatoms. The second-order valence-corrected chi connectivity index (χ2v) is 4.17. The zero-order chi connectivity index (χ0) is 12.8. The van der Waals surface area contributed by atoms with Gasteiger partial charge in [-0.15, -0.1) is 0 Å². The molecule has 2 heterocycles. The first-order chi connectivity index (χ1) is 8.79. The van der Waals surface area contributed by atoms with Gasteiger partial charge < -0.3 is 10.2 Å². The number of rotatable bonds is 5. The van der Waals surface area contributed by atoms with Crippen LogP contribution in [0.4, 0.5) is 11.4 Å². The first-order valence-corrected chi connectivity index (χ1v) is 6.03. The Bertz CT molecular complexity index is 484. The van der Waals surface area contributed by atoms with E-state index in [2.05, 4.69) is 39.4 Å². The van der Waals surface area contributed by atoms with Gasteiger partial charge in [0.05, 0.1) is 23.8 Å². The Labute approximate surface area is 108 Å². The molecule has 2 rings (SSSR count). The van der Waals surface area contributed by atoms with Gasteiger partial charge in [-0.05, 0) is 18.2 Å². The van der Waals surface area contributed by atoms with Crippen molar-refractivity contribution in [2.45, 2.75) is 6.42 Å². The molecule has 0 bridgehead atoms. The van der Waals surface area contributed by atoms with Gasteiger partial charge in [0.25, 0.3) is 0 Å². The lowest BCUT2D eigenvalue weighted by molar-refractivity contribution is 0.850. The molecule has 2 aromatic rings. The van der Waals surface area contributed by atoms with Crippen LogP contribution in [0.25, 0.3) is 0 Å². The fraction of sp³-hybridized carbons (Fsp3) is 0.286. The van der Waals surface area contributed by atoms with E-state index in [0.717, 1.165) is 30.0 Å². The highest BCUT2D eigenvalue weighted by atomic mass is 15.1. The summed E-state index contributed by atoms with van der Waals surface area (Å²) in [7, 11) is 3.97. The summed E-state index contributed by atoms with van der Waals surface area (Å²) in [4.78, 5) is 10.7. The van der Waals surface area contributed by atoms with Crippen molar-refractivity contribution in [2.24, 2.45) is 0 Å². The van der Waals surface area contributed by atoms with E-state index < -0.39 is 0 Å². The van der Waals surface area contributed by atoms with Crippen LogP contribution in [0.5, 0.6) is 0 Å². The van der Waals surface area contributed by atoms with Crippen LogP contribution in [0.1, 0.15) is 5.69 Å². The van der Waals surface area contributed by atoms with Crippen molar-refractivity contribution in [1.82, 2.24) is 9.97 Å². The molecule has 0 aliphatic carbocycles. The Morgan fingerprint density at radius 2 is 2.17 bits per heavy atom. The SMILES string of the molecule is CNc1cncc(N(C)CCc2ccccn2)c1. The number of aromatic nitrogens is 2. The van der Waals surface area contributed by atoms with Gasteiger partial charge in [-0.3, -0.25) is 9.97 Å². The number of nitrogens with zero attached hydrogens (tertiary/aromatic N) is 3. The molecule has 0 atom stereocenters. The van der Waals surface area contributed by atoms with E-state index >= 15 is 0 Å². The molecular formula is C14H18N4. The van der Waals surface area contributed by atoms with Gasteiger partial charge in [0.2, 0.25) is 0 Å². The van der Waals surface area contributed by atoms with Crippen LogP contribution < -0.4 is 10.2 Å². The van der Waals surface area contributed by atoms with Crippen molar-refractivity contribution < 1.29 is 0 Å². The van der Waals surface area contributed by atoms with Gasteiger partial charge in [0, 0.05) is 39.0 Å². The second-order valence-electron chi connectivity index (χ2n) is 4.17. The van der Waals surface area contributed by atoms with Crippen LogP contribution >= 0.6 is 0 Å². The van der Waals surface area contributed by atoms with Gasteiger partial charge in [-0.1, -0.05) is 6.07 Å². The number of hydrogen-bond acceptors (Lipinski definition) is 4. The van der Waals surface area contributed by atoms with E-state index in [1.54, 1.807) is 0 Å². The fourth-order valence-corrected chi connectivity index (χ4v) is 1.73. The minimum atomic E-state index is 0.922. The smallest absolute Gasteiger partial charge is 0.0571 e. The van der Waals surface area contributed by atoms with Gasteiger partial charge in [-0.25, -0.2) is 0 Å². The van der Waals surface area contributed by atoms with Gasteiger partial charge >= 0.3 is 0 Å². The Hall–Kier alpha value is -2.10. The van der Waals surface area contributed by atoms with Crippen LogP contribution in [0.2, 0.25) is 0 Å². The Morgan fingerprint density at radius 3 is 2.89 bits per heavy atom. The highest BCUT2D eigenvalue weighted by Crippen LogP contribution is 2.16. The zero-order valence-electron chi connectivity index (χ0n) is 10.8. The summed E-state index contributed by atoms with van der Waals surface area (Å²) in [5.41, 5.74) is 3.25. The van der Waals surface area contributed by atoms with E-state index in [4.69, 9.17) is 0 Å². The standard InChI is InChI=1S/C14H18N4/c1-15-13-9-14(11-16-10-13)18(2)8-6-12-5-3-4-7-17-12/h3-5,7,9-11,15H,6,8H2,1-2H3. The van der Waals surface area contributed by atoms with Gasteiger partial charge in [0.15, 0.2) is 0 Å². The van der Waals surface area contributed by atoms with Crippen LogP contribution in [0, 0.1) is 0 Å². The average molecular weight is 242 g/mol. The fourth-order valence-electron chi connectivity index (χ4n) is 1.73. The molecule has 0 saturated carbocycles. The number of anilines is 2. The highest BCUT2D eigenvalue weighted by molar-refractivity contribution is 5.54. The number of pyridine rings is 2. The van der Waals surface area contributed by atoms with Crippen molar-refractivity contribution >= 4 is 11.4 Å². The molecule has 0 aromatic carbocycles. The second kappa shape index (κ2) is 6.00. The highest BCUT2D eigenvalue weighted by Gasteiger charge is 2.03. The number of nitrogens with one attached hydrogen (secondary N) is 1. The predicted molar refractivity (Wildman–Crippen MR) is 75.0 cm³/mol. The minimum Gasteiger partial charge on any atom is -0.387 e. The van der Waals surface area contributed by atoms with E-state index in [9.17, 15) is 0 Å². The maximum atomic E-state index is 4.32. The van der Waals surface area contributed by atoms with Crippen LogP contribution in [-0.4, -0.2) is 30.6 Å². The first-order valence-electron chi connectivity index (χ1n) is 6.03. The molecule has 0 amide bonds. The summed E-state index contributed by atoms with van der Waals surface area (Å²) in [5, 5.41) is 3.09. The van der Waals surface area contributed by atoms with E-state index in [-0.39, 0.29) is 0 Å². The summed E-state index contributed by atoms with van der Waals surface area (Å²) >= 11 is 0. The van der Waals surface area contributed by atoms with Crippen molar-refractivity contribution in [3.63, 3.8) is 0 Å². The first kappa shape index (κ1) is 12.4. The zero-order valence-corrected chi connectivity index (χ0v) is 10.8. The maximum Gasteiger partial charge on any atom is 0.0571 e. The Balaban J connectivity index is 1.97. The lowest BCUT2D eigenvalue weighted by Gasteiger charge is -2.19. The molecular weight excluding hydrogens is 224 g/mol. The van der Waals surface area contributed by atoms with Gasteiger partial charge in [-0.2, -0.15) is 0 Å². The van der Waals surface area contributed by atoms with Crippen LogP contribution in [0.3, 0.4) is 0 Å². The third-order valence-corrected chi connectivity index (χ3v) is 2.88. The lowest BCUT2D eigenvalue weighted by atomic mass is 10.2. The monoisotopic (exact) mass is 242 g/mol. The maximum absolute atomic E-state index is 4.32. The largest absolute Gasteiger partial charge is 0.387 e. The van der Waals surface area contributed by atoms with Crippen molar-refractivity contribution in [3.05, 3.63) is 48.5 Å². The molecule has 0 spiro atoms. The normalized spacial score (nSPS) is 10.1. The van der Waals surface area contributed by atoms with E-state index in [1.165, 1.54) is 0 Å². The van der Waals surface area contributed by atoms with Gasteiger partial charge in [0.1, 0.15) is 0 Å². The molecule has 0 aliphatic heterocycles. The molecule has 0 radical (unpaired) electrons. The summed E-state index contributed by atoms with van der Waals surface area (Å²) in [6, 6.07) is 8.10. The molecule has 94 valence electrons. The van der Waals surface area contributed by atoms with E-state index in [0.29, 0.717) is 0 Å². The molecule has 0 fully saturated rings. The summed E-state index contributed by atoms with van der Waals surface area (Å²) in [5.74, 6) is 0. The predicted octanol–water partition coefficient (Wildman–Crippen LogP) is 2.20. The summed E-state index contributed by atoms with van der Waals surface area (Å²) in [6.45, 7) is 0.922. The third kappa shape index (κ3) is 3.20. The Kier molecular flexibility index (Phi) is 4.12. The quantitative estimate of drug-likeness (QED) is 0.872. The Morgan fingerprint density at radius 1 is 1.28 bits per heavy atom. The number of likely N-dealkylation sites (N-methyl/N-ethyl adjacent to an activating group) is 1. The molecule has 1 N–H and O–H groups in total. The molecule has 4 nitrogen and oxygen atoms in total. The van der Waals surface area contributed by atoms with Crippen molar-refractivity contribution in [2.75, 3.05) is 30.9 Å². The molecule has 0 saturated heterocycles. The average Bonchev–Trinajstić information content (AvgIpc) is 2.46. The molecule has 0 unspecified atom stereocenters. The minimum absolute atomic E-state index is 0.922. The summed E-state index contributed by atoms with van der Waals surface area (Å²) < 4.78 is 0. The topological polar surface area (TPSA) is 41.1 Å². The third-order valence-electron chi connectivity index (χ3n) is 2.88. The number of hydrogen-bond donors (Lipinski definition) is 1. The molecule has 18 heavy (non-hydrogen) atoms. The van der Waals surface area contributed by atoms with E-state index in [1.807, 2.05) is 37.8 Å². The van der Waals surface area contributed by atoms with Crippen LogP contribution in [-0.2, 0) is 6.42 Å².